The van der Waals surface area contributed by atoms with Gasteiger partial charge in [0.05, 0.1) is 41.7 Å². The van der Waals surface area contributed by atoms with Crippen molar-refractivity contribution in [3.8, 4) is 18.2 Å². The van der Waals surface area contributed by atoms with Crippen molar-refractivity contribution in [3.05, 3.63) is 73.8 Å². The van der Waals surface area contributed by atoms with Crippen LogP contribution in [0.25, 0.3) is 0 Å². The van der Waals surface area contributed by atoms with Gasteiger partial charge in [-0.05, 0) is 19.4 Å². The normalized spacial score (nSPS) is 20.6. The fraction of sp³-hybridized carbons (Fsp3) is 0.292. The van der Waals surface area contributed by atoms with Gasteiger partial charge in [0.25, 0.3) is 5.69 Å². The molecular formula is C24H20N6O6. The molecule has 2 N–H and O–H groups in total. The summed E-state index contributed by atoms with van der Waals surface area (Å²) in [5, 5.41) is 40.5. The van der Waals surface area contributed by atoms with Crippen molar-refractivity contribution in [1.29, 1.82) is 15.8 Å². The lowest BCUT2D eigenvalue weighted by Gasteiger charge is -2.43. The zero-order valence-electron chi connectivity index (χ0n) is 19.5. The number of nitrogens with two attached hydrogens (primary N) is 1. The van der Waals surface area contributed by atoms with E-state index in [2.05, 4.69) is 0 Å². The van der Waals surface area contributed by atoms with Gasteiger partial charge in [0.2, 0.25) is 0 Å². The molecule has 0 saturated carbocycles. The van der Waals surface area contributed by atoms with E-state index < -0.39 is 40.3 Å². The van der Waals surface area contributed by atoms with Crippen LogP contribution in [0.1, 0.15) is 25.3 Å². The Kier molecular flexibility index (Phi) is 7.07. The van der Waals surface area contributed by atoms with E-state index in [0.717, 1.165) is 7.11 Å². The van der Waals surface area contributed by atoms with Crippen LogP contribution < -0.4 is 5.73 Å². The minimum Gasteiger partial charge on any atom is -0.469 e. The second kappa shape index (κ2) is 10.00. The third-order valence-electron chi connectivity index (χ3n) is 6.13. The average molecular weight is 488 g/mol. The smallest absolute Gasteiger partial charge is 0.336 e. The molecule has 0 unspecified atom stereocenters. The monoisotopic (exact) mass is 488 g/mol. The molecule has 2 heterocycles. The highest BCUT2D eigenvalue weighted by atomic mass is 16.6. The molecule has 0 aromatic heterocycles. The minimum absolute atomic E-state index is 0.00345. The summed E-state index contributed by atoms with van der Waals surface area (Å²) in [5.74, 6) is -4.31. The van der Waals surface area contributed by atoms with E-state index >= 15 is 0 Å². The fourth-order valence-electron chi connectivity index (χ4n) is 4.76. The molecule has 0 fully saturated rings. The number of carbonyl (C=O) groups excluding carboxylic acids is 2. The number of nitro groups is 1. The molecule has 12 heteroatoms. The molecule has 1 aromatic carbocycles. The number of nitriles is 3. The Bertz CT molecular complexity index is 1370. The van der Waals surface area contributed by atoms with Crippen molar-refractivity contribution in [2.75, 3.05) is 13.7 Å². The van der Waals surface area contributed by atoms with Gasteiger partial charge in [0.1, 0.15) is 29.6 Å². The maximum absolute atomic E-state index is 13.3. The predicted octanol–water partition coefficient (Wildman–Crippen LogP) is 2.04. The van der Waals surface area contributed by atoms with Crippen molar-refractivity contribution in [1.82, 2.24) is 4.90 Å². The first-order chi connectivity index (χ1) is 17.2. The van der Waals surface area contributed by atoms with E-state index in [1.165, 1.54) is 36.1 Å². The summed E-state index contributed by atoms with van der Waals surface area (Å²) in [6.07, 6.45) is 0. The number of hydrogen-bond donors (Lipinski definition) is 1. The lowest BCUT2D eigenvalue weighted by atomic mass is 9.70. The molecule has 12 nitrogen and oxygen atoms in total. The summed E-state index contributed by atoms with van der Waals surface area (Å²) in [6.45, 7) is 3.10. The molecule has 0 bridgehead atoms. The maximum atomic E-state index is 13.3. The summed E-state index contributed by atoms with van der Waals surface area (Å²) in [6, 6.07) is 9.57. The van der Waals surface area contributed by atoms with Gasteiger partial charge in [0, 0.05) is 29.3 Å². The summed E-state index contributed by atoms with van der Waals surface area (Å²) < 4.78 is 10.3. The number of methoxy groups -OCH3 is 1. The van der Waals surface area contributed by atoms with Gasteiger partial charge < -0.3 is 20.1 Å². The predicted molar refractivity (Wildman–Crippen MR) is 121 cm³/mol. The number of benzene rings is 1. The highest BCUT2D eigenvalue weighted by Gasteiger charge is 2.55. The number of esters is 2. The van der Waals surface area contributed by atoms with Crippen molar-refractivity contribution in [3.63, 3.8) is 0 Å². The molecule has 3 rings (SSSR count). The molecule has 0 spiro atoms. The van der Waals surface area contributed by atoms with Crippen LogP contribution in [0.5, 0.6) is 0 Å². The van der Waals surface area contributed by atoms with Crippen LogP contribution >= 0.6 is 0 Å². The summed E-state index contributed by atoms with van der Waals surface area (Å²) >= 11 is 0. The van der Waals surface area contributed by atoms with E-state index in [4.69, 9.17) is 15.2 Å². The molecule has 3 atom stereocenters. The molecule has 0 radical (unpaired) electrons. The average Bonchev–Trinajstić information content (AvgIpc) is 3.16. The number of rotatable bonds is 5. The van der Waals surface area contributed by atoms with Crippen LogP contribution in [-0.4, -0.2) is 41.5 Å². The van der Waals surface area contributed by atoms with Crippen LogP contribution in [-0.2, 0) is 19.1 Å². The second-order valence-corrected chi connectivity index (χ2v) is 7.80. The van der Waals surface area contributed by atoms with Crippen molar-refractivity contribution >= 4 is 17.6 Å². The third-order valence-corrected chi connectivity index (χ3v) is 6.13. The van der Waals surface area contributed by atoms with E-state index in [9.17, 15) is 35.5 Å². The Morgan fingerprint density at radius 2 is 1.92 bits per heavy atom. The quantitative estimate of drug-likeness (QED) is 0.275. The number of fused-ring (bicyclic) bond motifs is 1. The standard InChI is InChI=1S/C24H20N6O6/c1-4-36-24(32)17-12(2)29-21(18(14(9-25)10-26)16(11-27)22(29)28)20(23(31)35-3)19(17)13-6-5-7-15(8-13)30(33)34/h5-8,19-21H,4,28H2,1-3H3/t19-,20-,21-/m1/s1. The number of ether oxygens (including phenoxy) is 2. The number of hydrogen-bond acceptors (Lipinski definition) is 11. The first kappa shape index (κ1) is 25.5. The van der Waals surface area contributed by atoms with Crippen molar-refractivity contribution in [2.24, 2.45) is 11.7 Å². The highest BCUT2D eigenvalue weighted by Crippen LogP contribution is 2.51. The molecule has 182 valence electrons. The Morgan fingerprint density at radius 1 is 1.25 bits per heavy atom. The van der Waals surface area contributed by atoms with Gasteiger partial charge in [-0.25, -0.2) is 4.79 Å². The lowest BCUT2D eigenvalue weighted by Crippen LogP contribution is -2.50. The largest absolute Gasteiger partial charge is 0.469 e. The number of allylic oxidation sites excluding steroid dienone is 2. The van der Waals surface area contributed by atoms with Crippen molar-refractivity contribution < 1.29 is 24.0 Å². The van der Waals surface area contributed by atoms with Crippen LogP contribution in [0.15, 0.2) is 58.1 Å². The van der Waals surface area contributed by atoms with Gasteiger partial charge in [0.15, 0.2) is 0 Å². The number of nitro benzene ring substituents is 1. The Labute approximate surface area is 205 Å². The Balaban J connectivity index is 2.48. The van der Waals surface area contributed by atoms with Gasteiger partial charge in [-0.3, -0.25) is 14.9 Å². The zero-order valence-corrected chi connectivity index (χ0v) is 19.5. The van der Waals surface area contributed by atoms with E-state index in [0.29, 0.717) is 0 Å². The third kappa shape index (κ3) is 3.89. The first-order valence-electron chi connectivity index (χ1n) is 10.6. The first-order valence-corrected chi connectivity index (χ1v) is 10.6. The Morgan fingerprint density at radius 3 is 2.44 bits per heavy atom. The molecule has 0 saturated heterocycles. The van der Waals surface area contributed by atoms with Gasteiger partial charge in [-0.2, -0.15) is 15.8 Å². The van der Waals surface area contributed by atoms with Crippen LogP contribution in [0.4, 0.5) is 5.69 Å². The van der Waals surface area contributed by atoms with Crippen LogP contribution in [0, 0.1) is 50.0 Å². The van der Waals surface area contributed by atoms with E-state index in [-0.39, 0.29) is 46.1 Å². The topological polar surface area (TPSA) is 196 Å². The van der Waals surface area contributed by atoms with Gasteiger partial charge >= 0.3 is 11.9 Å². The second-order valence-electron chi connectivity index (χ2n) is 7.80. The number of nitrogens with zero attached hydrogens (tertiary/aromatic N) is 5. The SMILES string of the molecule is CCOC(=O)C1=C(C)N2C(N)=C(C#N)C(=C(C#N)C#N)[C@@H]2[C@H](C(=O)OC)[C@@H]1c1cccc([N+](=O)[O-])c1. The summed E-state index contributed by atoms with van der Waals surface area (Å²) in [4.78, 5) is 38.7. The molecular weight excluding hydrogens is 468 g/mol. The molecule has 0 amide bonds. The fourth-order valence-corrected chi connectivity index (χ4v) is 4.76. The zero-order chi connectivity index (χ0) is 26.7. The van der Waals surface area contributed by atoms with Gasteiger partial charge in [-0.1, -0.05) is 12.1 Å². The lowest BCUT2D eigenvalue weighted by molar-refractivity contribution is -0.384. The Hall–Kier alpha value is -5.15. The van der Waals surface area contributed by atoms with Crippen molar-refractivity contribution in [2.45, 2.75) is 25.8 Å². The molecule has 36 heavy (non-hydrogen) atoms. The maximum Gasteiger partial charge on any atom is 0.336 e. The van der Waals surface area contributed by atoms with E-state index in [1.807, 2.05) is 6.07 Å². The molecule has 2 aliphatic heterocycles. The van der Waals surface area contributed by atoms with Gasteiger partial charge in [-0.15, -0.1) is 0 Å². The highest BCUT2D eigenvalue weighted by molar-refractivity contribution is 5.94. The molecule has 2 aliphatic rings. The summed E-state index contributed by atoms with van der Waals surface area (Å²) in [5.41, 5.74) is 5.64. The number of non-ortho nitro benzene ring substituents is 1. The molecule has 0 aliphatic carbocycles. The minimum atomic E-state index is -1.34. The number of carbonyl (C=O) groups is 2. The molecule has 1 aromatic rings. The van der Waals surface area contributed by atoms with E-state index in [1.54, 1.807) is 19.1 Å². The van der Waals surface area contributed by atoms with Crippen LogP contribution in [0.3, 0.4) is 0 Å². The summed E-state index contributed by atoms with van der Waals surface area (Å²) in [7, 11) is 1.11. The van der Waals surface area contributed by atoms with Crippen LogP contribution in [0.2, 0.25) is 0 Å².